The summed E-state index contributed by atoms with van der Waals surface area (Å²) in [4.78, 5) is 0.0535. The highest BCUT2D eigenvalue weighted by atomic mass is 32.2. The van der Waals surface area contributed by atoms with Crippen molar-refractivity contribution < 1.29 is 8.42 Å². The molecule has 0 unspecified atom stereocenters. The molecule has 0 saturated carbocycles. The van der Waals surface area contributed by atoms with Crippen LogP contribution in [0.5, 0.6) is 0 Å². The minimum atomic E-state index is -3.68. The van der Waals surface area contributed by atoms with E-state index in [1.54, 1.807) is 12.1 Å². The van der Waals surface area contributed by atoms with Gasteiger partial charge < -0.3 is 5.32 Å². The zero-order chi connectivity index (χ0) is 16.0. The first-order chi connectivity index (χ1) is 10.5. The number of nitrogens with zero attached hydrogens (tertiary/aromatic N) is 2. The number of nitrogens with two attached hydrogens (primary N) is 1. The molecule has 2 aromatic rings. The zero-order valence-electron chi connectivity index (χ0n) is 12.2. The molecule has 0 aliphatic heterocycles. The van der Waals surface area contributed by atoms with Gasteiger partial charge in [0.15, 0.2) is 0 Å². The maximum Gasteiger partial charge on any atom is 0.238 e. The van der Waals surface area contributed by atoms with Crippen molar-refractivity contribution in [2.24, 2.45) is 15.4 Å². The number of nitrogens with one attached hydrogen (secondary N) is 1. The van der Waals surface area contributed by atoms with Gasteiger partial charge in [-0.1, -0.05) is 6.92 Å². The summed E-state index contributed by atoms with van der Waals surface area (Å²) in [5, 5.41) is 16.5. The average molecular weight is 318 g/mol. The van der Waals surface area contributed by atoms with Crippen molar-refractivity contribution in [3.8, 4) is 0 Å². The van der Waals surface area contributed by atoms with Crippen LogP contribution in [-0.2, 0) is 10.0 Å². The molecule has 0 atom stereocenters. The number of hydrogen-bond acceptors (Lipinski definition) is 5. The van der Waals surface area contributed by atoms with Gasteiger partial charge >= 0.3 is 0 Å². The average Bonchev–Trinajstić information content (AvgIpc) is 2.51. The fourth-order valence-electron chi connectivity index (χ4n) is 1.73. The predicted molar refractivity (Wildman–Crippen MR) is 87.2 cm³/mol. The lowest BCUT2D eigenvalue weighted by Crippen LogP contribution is -2.11. The van der Waals surface area contributed by atoms with Crippen molar-refractivity contribution in [1.29, 1.82) is 0 Å². The van der Waals surface area contributed by atoms with Crippen LogP contribution in [0.1, 0.15) is 13.3 Å². The molecule has 0 bridgehead atoms. The fourth-order valence-corrected chi connectivity index (χ4v) is 2.25. The molecular formula is C15H18N4O2S. The minimum absolute atomic E-state index is 0.0535. The summed E-state index contributed by atoms with van der Waals surface area (Å²) in [5.41, 5.74) is 2.32. The lowest BCUT2D eigenvalue weighted by atomic mass is 10.3. The van der Waals surface area contributed by atoms with Crippen LogP contribution in [0.25, 0.3) is 0 Å². The number of sulfonamides is 1. The van der Waals surface area contributed by atoms with Gasteiger partial charge in [0.2, 0.25) is 10.0 Å². The molecule has 0 aliphatic carbocycles. The zero-order valence-corrected chi connectivity index (χ0v) is 13.0. The van der Waals surface area contributed by atoms with Crippen molar-refractivity contribution in [2.75, 3.05) is 11.9 Å². The molecule has 0 amide bonds. The van der Waals surface area contributed by atoms with Crippen LogP contribution in [0.15, 0.2) is 63.7 Å². The van der Waals surface area contributed by atoms with Crippen LogP contribution in [-0.4, -0.2) is 15.0 Å². The molecule has 0 heterocycles. The third kappa shape index (κ3) is 4.64. The van der Waals surface area contributed by atoms with Crippen LogP contribution in [0.2, 0.25) is 0 Å². The molecule has 0 aromatic heterocycles. The first-order valence-corrected chi connectivity index (χ1v) is 8.42. The number of benzene rings is 2. The molecule has 0 spiro atoms. The maximum atomic E-state index is 11.1. The van der Waals surface area contributed by atoms with Gasteiger partial charge in [-0.3, -0.25) is 0 Å². The Kier molecular flexibility index (Phi) is 5.24. The molecule has 0 radical (unpaired) electrons. The number of azo groups is 1. The Morgan fingerprint density at radius 1 is 0.955 bits per heavy atom. The second kappa shape index (κ2) is 7.15. The molecule has 22 heavy (non-hydrogen) atoms. The summed E-state index contributed by atoms with van der Waals surface area (Å²) in [6.07, 6.45) is 1.07. The standard InChI is InChI=1S/C15H18N4O2S/c1-2-11-17-12-3-5-13(6-4-12)18-19-14-7-9-15(10-8-14)22(16,20)21/h3-10,17H,2,11H2,1H3,(H2,16,20,21). The SMILES string of the molecule is CCCNc1ccc(N=Nc2ccc(S(N)(=O)=O)cc2)cc1. The lowest BCUT2D eigenvalue weighted by molar-refractivity contribution is 0.598. The Labute approximate surface area is 130 Å². The van der Waals surface area contributed by atoms with Crippen molar-refractivity contribution in [3.05, 3.63) is 48.5 Å². The van der Waals surface area contributed by atoms with E-state index in [4.69, 9.17) is 5.14 Å². The van der Waals surface area contributed by atoms with Gasteiger partial charge in [0.1, 0.15) is 0 Å². The highest BCUT2D eigenvalue weighted by Gasteiger charge is 2.06. The number of primary sulfonamides is 1. The van der Waals surface area contributed by atoms with E-state index in [1.807, 2.05) is 24.3 Å². The van der Waals surface area contributed by atoms with Gasteiger partial charge in [-0.2, -0.15) is 10.2 Å². The van der Waals surface area contributed by atoms with Gasteiger partial charge in [-0.25, -0.2) is 13.6 Å². The van der Waals surface area contributed by atoms with Crippen molar-refractivity contribution in [2.45, 2.75) is 18.2 Å². The Morgan fingerprint density at radius 2 is 1.45 bits per heavy atom. The molecule has 0 aliphatic rings. The van der Waals surface area contributed by atoms with Crippen LogP contribution in [0.3, 0.4) is 0 Å². The van der Waals surface area contributed by atoms with Crippen molar-refractivity contribution in [3.63, 3.8) is 0 Å². The minimum Gasteiger partial charge on any atom is -0.385 e. The highest BCUT2D eigenvalue weighted by molar-refractivity contribution is 7.89. The van der Waals surface area contributed by atoms with E-state index in [0.717, 1.165) is 24.3 Å². The van der Waals surface area contributed by atoms with Crippen molar-refractivity contribution in [1.82, 2.24) is 0 Å². The molecule has 6 nitrogen and oxygen atoms in total. The number of anilines is 1. The fraction of sp³-hybridized carbons (Fsp3) is 0.200. The Morgan fingerprint density at radius 3 is 1.91 bits per heavy atom. The second-order valence-electron chi connectivity index (χ2n) is 4.71. The van der Waals surface area contributed by atoms with Crippen molar-refractivity contribution >= 4 is 27.1 Å². The summed E-state index contributed by atoms with van der Waals surface area (Å²) in [6.45, 7) is 3.04. The molecule has 2 rings (SSSR count). The van der Waals surface area contributed by atoms with Crippen LogP contribution in [0.4, 0.5) is 17.1 Å². The Balaban J connectivity index is 2.05. The van der Waals surface area contributed by atoms with E-state index in [2.05, 4.69) is 22.5 Å². The topological polar surface area (TPSA) is 96.9 Å². The lowest BCUT2D eigenvalue weighted by Gasteiger charge is -2.03. The van der Waals surface area contributed by atoms with Gasteiger partial charge in [0.05, 0.1) is 16.3 Å². The molecule has 7 heteroatoms. The van der Waals surface area contributed by atoms with E-state index in [1.165, 1.54) is 12.1 Å². The Hall–Kier alpha value is -2.25. The summed E-state index contributed by atoms with van der Waals surface area (Å²) in [7, 11) is -3.68. The summed E-state index contributed by atoms with van der Waals surface area (Å²) >= 11 is 0. The molecule has 116 valence electrons. The van der Waals surface area contributed by atoms with E-state index >= 15 is 0 Å². The normalized spacial score (nSPS) is 11.7. The third-order valence-corrected chi connectivity index (χ3v) is 3.82. The molecule has 3 N–H and O–H groups in total. The van der Waals surface area contributed by atoms with Crippen LogP contribution < -0.4 is 10.5 Å². The highest BCUT2D eigenvalue weighted by Crippen LogP contribution is 2.21. The van der Waals surface area contributed by atoms with E-state index in [9.17, 15) is 8.42 Å². The first-order valence-electron chi connectivity index (χ1n) is 6.87. The summed E-state index contributed by atoms with van der Waals surface area (Å²) in [5.74, 6) is 0. The van der Waals surface area contributed by atoms with E-state index in [-0.39, 0.29) is 4.90 Å². The smallest absolute Gasteiger partial charge is 0.238 e. The van der Waals surface area contributed by atoms with Gasteiger partial charge in [-0.15, -0.1) is 0 Å². The molecule has 2 aromatic carbocycles. The van der Waals surface area contributed by atoms with Crippen LogP contribution >= 0.6 is 0 Å². The van der Waals surface area contributed by atoms with Gasteiger partial charge in [0, 0.05) is 12.2 Å². The van der Waals surface area contributed by atoms with E-state index < -0.39 is 10.0 Å². The Bertz CT molecular complexity index is 738. The molecule has 0 fully saturated rings. The van der Waals surface area contributed by atoms with Crippen LogP contribution in [0, 0.1) is 0 Å². The summed E-state index contributed by atoms with van der Waals surface area (Å²) < 4.78 is 22.3. The summed E-state index contributed by atoms with van der Waals surface area (Å²) in [6, 6.07) is 13.5. The second-order valence-corrected chi connectivity index (χ2v) is 6.27. The third-order valence-electron chi connectivity index (χ3n) is 2.89. The molecular weight excluding hydrogens is 300 g/mol. The maximum absolute atomic E-state index is 11.1. The first kappa shape index (κ1) is 16.1. The van der Waals surface area contributed by atoms with Gasteiger partial charge in [0.25, 0.3) is 0 Å². The monoisotopic (exact) mass is 318 g/mol. The quantitative estimate of drug-likeness (QED) is 0.797. The predicted octanol–water partition coefficient (Wildman–Crippen LogP) is 3.57. The number of hydrogen-bond donors (Lipinski definition) is 2. The van der Waals surface area contributed by atoms with Gasteiger partial charge in [-0.05, 0) is 55.0 Å². The largest absolute Gasteiger partial charge is 0.385 e. The molecule has 0 saturated heterocycles. The van der Waals surface area contributed by atoms with E-state index in [0.29, 0.717) is 5.69 Å². The number of rotatable bonds is 6.